The number of likely N-dealkylation sites (N-methyl/N-ethyl adjacent to an activating group) is 1. The van der Waals surface area contributed by atoms with Crippen LogP contribution >= 0.6 is 0 Å². The van der Waals surface area contributed by atoms with Gasteiger partial charge >= 0.3 is 0 Å². The zero-order valence-corrected chi connectivity index (χ0v) is 21.7. The number of hydrogen-bond acceptors (Lipinski definition) is 7. The van der Waals surface area contributed by atoms with Gasteiger partial charge in [-0.15, -0.1) is 0 Å². The van der Waals surface area contributed by atoms with Crippen molar-refractivity contribution in [1.82, 2.24) is 34.3 Å². The number of fused-ring (bicyclic) bond motifs is 1. The van der Waals surface area contributed by atoms with Gasteiger partial charge in [0.15, 0.2) is 23.3 Å². The zero-order valence-electron chi connectivity index (χ0n) is 21.7. The number of hydrogen-bond donors (Lipinski definition) is 1. The Bertz CT molecular complexity index is 1390. The summed E-state index contributed by atoms with van der Waals surface area (Å²) in [6.07, 6.45) is 2.88. The van der Waals surface area contributed by atoms with Crippen molar-refractivity contribution < 1.29 is 8.78 Å². The summed E-state index contributed by atoms with van der Waals surface area (Å²) in [6, 6.07) is 7.03. The van der Waals surface area contributed by atoms with Crippen molar-refractivity contribution in [2.45, 2.75) is 40.3 Å². The summed E-state index contributed by atoms with van der Waals surface area (Å²) in [5, 5.41) is 2.94. The molecule has 1 fully saturated rings. The molecule has 1 N–H and O–H groups in total. The lowest BCUT2D eigenvalue weighted by atomic mass is 10.1. The number of anilines is 2. The summed E-state index contributed by atoms with van der Waals surface area (Å²) in [4.78, 5) is 22.2. The van der Waals surface area contributed by atoms with Crippen molar-refractivity contribution in [3.63, 3.8) is 0 Å². The first-order chi connectivity index (χ1) is 17.8. The maximum atomic E-state index is 14.9. The Morgan fingerprint density at radius 2 is 1.70 bits per heavy atom. The standard InChI is InChI=1S/C27H32F2N8/c1-5-35-8-10-36(11-9-35)16-19-6-7-24(30-14-19)33-27-22(29)15-31-26(34-27)20-12-21(28)25-23(13-20)37(17(2)3)18(4)32-25/h6-7,12-15,17H,5,8-11,16H2,1-4H3,(H,30,31,33,34). The Hall–Kier alpha value is -3.50. The second-order valence-corrected chi connectivity index (χ2v) is 9.73. The molecule has 1 aromatic carbocycles. The van der Waals surface area contributed by atoms with Crippen LogP contribution in [-0.4, -0.2) is 67.0 Å². The molecule has 0 saturated carbocycles. The van der Waals surface area contributed by atoms with Gasteiger partial charge in [-0.25, -0.2) is 28.7 Å². The molecule has 0 aliphatic carbocycles. The van der Waals surface area contributed by atoms with Gasteiger partial charge in [0, 0.05) is 50.5 Å². The van der Waals surface area contributed by atoms with Crippen LogP contribution in [0.1, 0.15) is 38.2 Å². The van der Waals surface area contributed by atoms with E-state index in [0.29, 0.717) is 22.4 Å². The molecule has 0 radical (unpaired) electrons. The smallest absolute Gasteiger partial charge is 0.184 e. The average molecular weight is 507 g/mol. The maximum absolute atomic E-state index is 14.9. The number of aryl methyl sites for hydroxylation is 1. The summed E-state index contributed by atoms with van der Waals surface area (Å²) in [7, 11) is 0. The highest BCUT2D eigenvalue weighted by Gasteiger charge is 2.18. The van der Waals surface area contributed by atoms with Crippen molar-refractivity contribution in [3.05, 3.63) is 59.7 Å². The average Bonchev–Trinajstić information content (AvgIpc) is 3.23. The van der Waals surface area contributed by atoms with Crippen LogP contribution in [0.25, 0.3) is 22.4 Å². The van der Waals surface area contributed by atoms with Crippen molar-refractivity contribution in [2.75, 3.05) is 38.0 Å². The molecular formula is C27H32F2N8. The minimum absolute atomic E-state index is 0.0185. The Balaban J connectivity index is 1.35. The van der Waals surface area contributed by atoms with Gasteiger partial charge in [0.25, 0.3) is 0 Å². The minimum Gasteiger partial charge on any atom is -0.326 e. The van der Waals surface area contributed by atoms with Crippen LogP contribution in [0, 0.1) is 18.6 Å². The lowest BCUT2D eigenvalue weighted by molar-refractivity contribution is 0.132. The van der Waals surface area contributed by atoms with Gasteiger partial charge < -0.3 is 14.8 Å². The molecular weight excluding hydrogens is 474 g/mol. The molecule has 0 spiro atoms. The first-order valence-electron chi connectivity index (χ1n) is 12.7. The molecule has 1 saturated heterocycles. The number of benzene rings is 1. The van der Waals surface area contributed by atoms with Crippen LogP contribution in [-0.2, 0) is 6.54 Å². The number of nitrogens with zero attached hydrogens (tertiary/aromatic N) is 7. The highest BCUT2D eigenvalue weighted by molar-refractivity contribution is 5.82. The summed E-state index contributed by atoms with van der Waals surface area (Å²) in [5.41, 5.74) is 2.49. The molecule has 3 aromatic heterocycles. The molecule has 0 atom stereocenters. The lowest BCUT2D eigenvalue weighted by Gasteiger charge is -2.33. The predicted molar refractivity (Wildman–Crippen MR) is 141 cm³/mol. The molecule has 5 rings (SSSR count). The van der Waals surface area contributed by atoms with E-state index in [9.17, 15) is 8.78 Å². The Kier molecular flexibility index (Phi) is 7.12. The number of nitrogens with one attached hydrogen (secondary N) is 1. The van der Waals surface area contributed by atoms with Gasteiger partial charge in [-0.2, -0.15) is 0 Å². The summed E-state index contributed by atoms with van der Waals surface area (Å²) in [5.74, 6) is 0.301. The van der Waals surface area contributed by atoms with E-state index < -0.39 is 11.6 Å². The normalized spacial score (nSPS) is 15.1. The second kappa shape index (κ2) is 10.5. The third-order valence-electron chi connectivity index (χ3n) is 6.83. The van der Waals surface area contributed by atoms with E-state index in [1.165, 1.54) is 6.07 Å². The first-order valence-corrected chi connectivity index (χ1v) is 12.7. The number of rotatable bonds is 7. The van der Waals surface area contributed by atoms with E-state index in [2.05, 4.69) is 42.0 Å². The fourth-order valence-electron chi connectivity index (χ4n) is 4.88. The van der Waals surface area contributed by atoms with Gasteiger partial charge in [-0.1, -0.05) is 13.0 Å². The van der Waals surface area contributed by atoms with E-state index in [0.717, 1.165) is 56.9 Å². The molecule has 194 valence electrons. The number of aromatic nitrogens is 5. The van der Waals surface area contributed by atoms with Crippen LogP contribution in [0.4, 0.5) is 20.4 Å². The van der Waals surface area contributed by atoms with Crippen LogP contribution in [0.3, 0.4) is 0 Å². The van der Waals surface area contributed by atoms with Crippen molar-refractivity contribution in [2.24, 2.45) is 0 Å². The predicted octanol–water partition coefficient (Wildman–Crippen LogP) is 4.94. The Morgan fingerprint density at radius 1 is 0.946 bits per heavy atom. The maximum Gasteiger partial charge on any atom is 0.184 e. The summed E-state index contributed by atoms with van der Waals surface area (Å²) >= 11 is 0. The van der Waals surface area contributed by atoms with Gasteiger partial charge in [-0.05, 0) is 51.1 Å². The van der Waals surface area contributed by atoms with Gasteiger partial charge in [0.1, 0.15) is 17.2 Å². The van der Waals surface area contributed by atoms with E-state index >= 15 is 0 Å². The molecule has 0 amide bonds. The molecule has 8 nitrogen and oxygen atoms in total. The van der Waals surface area contributed by atoms with Gasteiger partial charge in [-0.3, -0.25) is 4.90 Å². The third-order valence-corrected chi connectivity index (χ3v) is 6.83. The molecule has 0 unspecified atom stereocenters. The quantitative estimate of drug-likeness (QED) is 0.381. The van der Waals surface area contributed by atoms with Gasteiger partial charge in [0.2, 0.25) is 0 Å². The molecule has 1 aliphatic heterocycles. The number of piperazine rings is 1. The Morgan fingerprint density at radius 3 is 2.38 bits per heavy atom. The number of pyridine rings is 1. The van der Waals surface area contributed by atoms with Crippen molar-refractivity contribution in [3.8, 4) is 11.4 Å². The minimum atomic E-state index is -0.618. The van der Waals surface area contributed by atoms with Gasteiger partial charge in [0.05, 0.1) is 11.7 Å². The molecule has 10 heteroatoms. The van der Waals surface area contributed by atoms with E-state index in [4.69, 9.17) is 0 Å². The van der Waals surface area contributed by atoms with Crippen LogP contribution in [0.5, 0.6) is 0 Å². The molecule has 4 aromatic rings. The Labute approximate surface area is 215 Å². The van der Waals surface area contributed by atoms with Crippen LogP contribution in [0.2, 0.25) is 0 Å². The largest absolute Gasteiger partial charge is 0.326 e. The summed E-state index contributed by atoms with van der Waals surface area (Å²) < 4.78 is 31.5. The monoisotopic (exact) mass is 506 g/mol. The fraction of sp³-hybridized carbons (Fsp3) is 0.407. The third kappa shape index (κ3) is 5.30. The first kappa shape index (κ1) is 25.2. The number of imidazole rings is 1. The lowest BCUT2D eigenvalue weighted by Crippen LogP contribution is -2.45. The molecule has 4 heterocycles. The second-order valence-electron chi connectivity index (χ2n) is 9.73. The zero-order chi connectivity index (χ0) is 26.1. The summed E-state index contributed by atoms with van der Waals surface area (Å²) in [6.45, 7) is 14.2. The highest BCUT2D eigenvalue weighted by atomic mass is 19.1. The number of halogens is 2. The SMILES string of the molecule is CCN1CCN(Cc2ccc(Nc3nc(-c4cc(F)c5nc(C)n(C(C)C)c5c4)ncc3F)nc2)CC1. The van der Waals surface area contributed by atoms with E-state index in [-0.39, 0.29) is 17.7 Å². The molecule has 1 aliphatic rings. The highest BCUT2D eigenvalue weighted by Crippen LogP contribution is 2.29. The molecule has 0 bridgehead atoms. The molecule has 37 heavy (non-hydrogen) atoms. The van der Waals surface area contributed by atoms with Crippen molar-refractivity contribution >= 4 is 22.7 Å². The van der Waals surface area contributed by atoms with Crippen LogP contribution < -0.4 is 5.32 Å². The van der Waals surface area contributed by atoms with E-state index in [1.54, 1.807) is 12.3 Å². The van der Waals surface area contributed by atoms with Crippen LogP contribution in [0.15, 0.2) is 36.7 Å². The van der Waals surface area contributed by atoms with Crippen molar-refractivity contribution in [1.29, 1.82) is 0 Å². The van der Waals surface area contributed by atoms with E-state index in [1.807, 2.05) is 37.5 Å². The fourth-order valence-corrected chi connectivity index (χ4v) is 4.88. The topological polar surface area (TPSA) is 75.0 Å².